The summed E-state index contributed by atoms with van der Waals surface area (Å²) in [5.41, 5.74) is 1.98. The maximum absolute atomic E-state index is 12.8. The van der Waals surface area contributed by atoms with Crippen molar-refractivity contribution >= 4 is 22.8 Å². The lowest BCUT2D eigenvalue weighted by Gasteiger charge is -2.26. The third-order valence-electron chi connectivity index (χ3n) is 4.94. The molecule has 0 amide bonds. The predicted octanol–water partition coefficient (Wildman–Crippen LogP) is 1.46. The lowest BCUT2D eigenvalue weighted by Crippen LogP contribution is -2.38. The fraction of sp³-hybridized carbons (Fsp3) is 0.368. The van der Waals surface area contributed by atoms with Gasteiger partial charge in [0.05, 0.1) is 12.3 Å². The SMILES string of the molecule is CCCCN1N=C(c2ccccc2)Cn2c1nc1c2c(=O)n(C)c(=O)n1C. The van der Waals surface area contributed by atoms with Gasteiger partial charge >= 0.3 is 5.69 Å². The average molecular weight is 366 g/mol. The highest BCUT2D eigenvalue weighted by atomic mass is 16.2. The molecule has 1 aliphatic heterocycles. The minimum absolute atomic E-state index is 0.336. The Morgan fingerprint density at radius 1 is 1.07 bits per heavy atom. The van der Waals surface area contributed by atoms with Crippen molar-refractivity contribution in [3.63, 3.8) is 0 Å². The first-order valence-electron chi connectivity index (χ1n) is 9.09. The van der Waals surface area contributed by atoms with Crippen molar-refractivity contribution in [2.75, 3.05) is 11.6 Å². The van der Waals surface area contributed by atoms with Crippen molar-refractivity contribution < 1.29 is 0 Å². The van der Waals surface area contributed by atoms with E-state index in [1.165, 1.54) is 11.6 Å². The van der Waals surface area contributed by atoms with E-state index in [1.54, 1.807) is 7.05 Å². The van der Waals surface area contributed by atoms with Gasteiger partial charge in [-0.2, -0.15) is 10.1 Å². The summed E-state index contributed by atoms with van der Waals surface area (Å²) in [5.74, 6) is 0.608. The molecule has 0 radical (unpaired) electrons. The van der Waals surface area contributed by atoms with Gasteiger partial charge in [-0.3, -0.25) is 18.5 Å². The van der Waals surface area contributed by atoms with Crippen molar-refractivity contribution in [2.45, 2.75) is 26.3 Å². The summed E-state index contributed by atoms with van der Waals surface area (Å²) in [6, 6.07) is 9.92. The molecule has 0 bridgehead atoms. The van der Waals surface area contributed by atoms with Crippen LogP contribution >= 0.6 is 0 Å². The number of hydrogen-bond acceptors (Lipinski definition) is 5. The van der Waals surface area contributed by atoms with E-state index in [0.717, 1.165) is 28.7 Å². The summed E-state index contributed by atoms with van der Waals surface area (Å²) in [6.07, 6.45) is 1.97. The van der Waals surface area contributed by atoms with Gasteiger partial charge in [0.15, 0.2) is 11.2 Å². The molecule has 1 aromatic carbocycles. The zero-order valence-corrected chi connectivity index (χ0v) is 15.7. The molecule has 8 heteroatoms. The second-order valence-electron chi connectivity index (χ2n) is 6.77. The molecule has 140 valence electrons. The number of fused-ring (bicyclic) bond motifs is 3. The second kappa shape index (κ2) is 6.53. The van der Waals surface area contributed by atoms with Crippen LogP contribution in [0.15, 0.2) is 45.0 Å². The standard InChI is InChI=1S/C19H22N6O2/c1-4-5-11-25-18-20-16-15(17(26)23(3)19(27)22(16)2)24(18)12-14(21-25)13-9-7-6-8-10-13/h6-10H,4-5,11-12H2,1-3H3. The number of hydrazone groups is 1. The van der Waals surface area contributed by atoms with Gasteiger partial charge < -0.3 is 0 Å². The second-order valence-corrected chi connectivity index (χ2v) is 6.77. The van der Waals surface area contributed by atoms with Crippen molar-refractivity contribution in [1.82, 2.24) is 18.7 Å². The van der Waals surface area contributed by atoms with E-state index >= 15 is 0 Å². The first-order chi connectivity index (χ1) is 13.0. The van der Waals surface area contributed by atoms with E-state index in [9.17, 15) is 9.59 Å². The van der Waals surface area contributed by atoms with Gasteiger partial charge in [-0.15, -0.1) is 0 Å². The molecule has 0 aliphatic carbocycles. The van der Waals surface area contributed by atoms with Crippen LogP contribution in [0.1, 0.15) is 25.3 Å². The van der Waals surface area contributed by atoms with Crippen LogP contribution < -0.4 is 16.3 Å². The molecular formula is C19H22N6O2. The Kier molecular flexibility index (Phi) is 4.18. The Balaban J connectivity index is 1.96. The highest BCUT2D eigenvalue weighted by molar-refractivity contribution is 6.02. The van der Waals surface area contributed by atoms with E-state index in [2.05, 4.69) is 11.9 Å². The molecule has 3 heterocycles. The van der Waals surface area contributed by atoms with Gasteiger partial charge in [0.2, 0.25) is 5.95 Å². The van der Waals surface area contributed by atoms with Gasteiger partial charge in [0.1, 0.15) is 0 Å². The van der Waals surface area contributed by atoms with Gasteiger partial charge in [-0.1, -0.05) is 43.7 Å². The lowest BCUT2D eigenvalue weighted by atomic mass is 10.1. The summed E-state index contributed by atoms with van der Waals surface area (Å²) in [6.45, 7) is 3.25. The molecule has 1 aliphatic rings. The maximum Gasteiger partial charge on any atom is 0.332 e. The number of nitrogens with zero attached hydrogens (tertiary/aromatic N) is 6. The Bertz CT molecular complexity index is 1150. The van der Waals surface area contributed by atoms with Crippen LogP contribution in [0.5, 0.6) is 0 Å². The number of rotatable bonds is 4. The molecule has 2 aromatic heterocycles. The molecule has 0 unspecified atom stereocenters. The summed E-state index contributed by atoms with van der Waals surface area (Å²) < 4.78 is 4.42. The normalized spacial score (nSPS) is 13.7. The number of aryl methyl sites for hydroxylation is 1. The molecule has 4 rings (SSSR count). The molecule has 27 heavy (non-hydrogen) atoms. The van der Waals surface area contributed by atoms with E-state index in [0.29, 0.717) is 30.2 Å². The zero-order chi connectivity index (χ0) is 19.1. The highest BCUT2D eigenvalue weighted by Gasteiger charge is 2.27. The summed E-state index contributed by atoms with van der Waals surface area (Å²) in [4.78, 5) is 29.7. The van der Waals surface area contributed by atoms with Crippen LogP contribution in [0, 0.1) is 0 Å². The van der Waals surface area contributed by atoms with Crippen molar-refractivity contribution in [3.8, 4) is 0 Å². The van der Waals surface area contributed by atoms with Crippen molar-refractivity contribution in [2.24, 2.45) is 19.2 Å². The molecule has 0 saturated heterocycles. The van der Waals surface area contributed by atoms with Crippen LogP contribution in [0.2, 0.25) is 0 Å². The van der Waals surface area contributed by atoms with E-state index in [-0.39, 0.29) is 11.2 Å². The molecule has 0 fully saturated rings. The first-order valence-corrected chi connectivity index (χ1v) is 9.09. The molecule has 0 atom stereocenters. The van der Waals surface area contributed by atoms with Gasteiger partial charge in [0.25, 0.3) is 5.56 Å². The maximum atomic E-state index is 12.8. The largest absolute Gasteiger partial charge is 0.332 e. The van der Waals surface area contributed by atoms with Gasteiger partial charge in [-0.25, -0.2) is 9.80 Å². The molecular weight excluding hydrogens is 344 g/mol. The summed E-state index contributed by atoms with van der Waals surface area (Å²) >= 11 is 0. The molecule has 8 nitrogen and oxygen atoms in total. The minimum atomic E-state index is -0.382. The smallest absolute Gasteiger partial charge is 0.297 e. The number of unbranched alkanes of at least 4 members (excludes halogenated alkanes) is 1. The Morgan fingerprint density at radius 3 is 2.52 bits per heavy atom. The van der Waals surface area contributed by atoms with E-state index < -0.39 is 0 Å². The minimum Gasteiger partial charge on any atom is -0.297 e. The third kappa shape index (κ3) is 2.68. The number of benzene rings is 1. The number of aromatic nitrogens is 4. The number of hydrogen-bond donors (Lipinski definition) is 0. The first kappa shape index (κ1) is 17.3. The molecule has 0 saturated carbocycles. The lowest BCUT2D eigenvalue weighted by molar-refractivity contribution is 0.677. The molecule has 0 spiro atoms. The van der Waals surface area contributed by atoms with E-state index in [4.69, 9.17) is 5.10 Å². The summed E-state index contributed by atoms with van der Waals surface area (Å²) in [5, 5.41) is 6.65. The van der Waals surface area contributed by atoms with Crippen LogP contribution in [0.4, 0.5) is 5.95 Å². The van der Waals surface area contributed by atoms with Crippen molar-refractivity contribution in [1.29, 1.82) is 0 Å². The monoisotopic (exact) mass is 366 g/mol. The van der Waals surface area contributed by atoms with Crippen molar-refractivity contribution in [3.05, 3.63) is 56.7 Å². The van der Waals surface area contributed by atoms with Crippen LogP contribution in [0.3, 0.4) is 0 Å². The van der Waals surface area contributed by atoms with Gasteiger partial charge in [0, 0.05) is 20.6 Å². The molecule has 0 N–H and O–H groups in total. The van der Waals surface area contributed by atoms with Crippen LogP contribution in [-0.2, 0) is 20.6 Å². The fourth-order valence-corrected chi connectivity index (χ4v) is 3.39. The Hall–Kier alpha value is -3.16. The van der Waals surface area contributed by atoms with Crippen LogP contribution in [-0.4, -0.2) is 30.9 Å². The number of anilines is 1. The predicted molar refractivity (Wildman–Crippen MR) is 105 cm³/mol. The number of imidazole rings is 1. The topological polar surface area (TPSA) is 77.4 Å². The average Bonchev–Trinajstić information content (AvgIpc) is 3.09. The third-order valence-corrected chi connectivity index (χ3v) is 4.94. The quantitative estimate of drug-likeness (QED) is 0.700. The fourth-order valence-electron chi connectivity index (χ4n) is 3.39. The summed E-state index contributed by atoms with van der Waals surface area (Å²) in [7, 11) is 3.13. The Morgan fingerprint density at radius 2 is 1.81 bits per heavy atom. The zero-order valence-electron chi connectivity index (χ0n) is 15.7. The van der Waals surface area contributed by atoms with E-state index in [1.807, 2.05) is 39.9 Å². The van der Waals surface area contributed by atoms with Crippen LogP contribution in [0.25, 0.3) is 11.2 Å². The molecule has 3 aromatic rings. The van der Waals surface area contributed by atoms with Gasteiger partial charge in [-0.05, 0) is 12.0 Å². The highest BCUT2D eigenvalue weighted by Crippen LogP contribution is 2.25. The Labute approximate surface area is 156 Å².